The Kier molecular flexibility index (Phi) is 5.06. The normalized spacial score (nSPS) is 20.5. The molecule has 0 bridgehead atoms. The second-order valence-corrected chi connectivity index (χ2v) is 5.63. The first-order valence-corrected chi connectivity index (χ1v) is 7.50. The number of likely N-dealkylation sites (tertiary alicyclic amines) is 1. The topological polar surface area (TPSA) is 25.4 Å². The van der Waals surface area contributed by atoms with Gasteiger partial charge in [0.15, 0.2) is 0 Å². The number of piperidine rings is 1. The van der Waals surface area contributed by atoms with Crippen LogP contribution < -0.4 is 4.74 Å². The van der Waals surface area contributed by atoms with E-state index in [1.54, 1.807) is 7.11 Å². The lowest BCUT2D eigenvalue weighted by Crippen LogP contribution is -2.40. The van der Waals surface area contributed by atoms with Crippen LogP contribution in [0.15, 0.2) is 6.20 Å². The lowest BCUT2D eigenvalue weighted by atomic mass is 10.0. The van der Waals surface area contributed by atoms with Crippen molar-refractivity contribution in [3.63, 3.8) is 0 Å². The highest BCUT2D eigenvalue weighted by atomic mass is 35.5. The van der Waals surface area contributed by atoms with Gasteiger partial charge in [-0.1, -0.05) is 6.42 Å². The summed E-state index contributed by atoms with van der Waals surface area (Å²) in [7, 11) is 1.72. The molecule has 0 aliphatic carbocycles. The molecule has 0 N–H and O–H groups in total. The maximum Gasteiger partial charge on any atom is 0.128 e. The summed E-state index contributed by atoms with van der Waals surface area (Å²) in [4.78, 5) is 7.04. The van der Waals surface area contributed by atoms with Crippen molar-refractivity contribution in [3.8, 4) is 5.75 Å². The third-order valence-corrected chi connectivity index (χ3v) is 4.39. The molecule has 1 unspecified atom stereocenters. The summed E-state index contributed by atoms with van der Waals surface area (Å²) in [6, 6.07) is 0.490. The molecular weight excluding hydrogens is 260 g/mol. The molecular formula is C15H23ClN2O. The van der Waals surface area contributed by atoms with Gasteiger partial charge in [-0.05, 0) is 33.2 Å². The lowest BCUT2D eigenvalue weighted by molar-refractivity contribution is 0.152. The predicted molar refractivity (Wildman–Crippen MR) is 79.0 cm³/mol. The van der Waals surface area contributed by atoms with E-state index in [9.17, 15) is 0 Å². The molecule has 1 saturated heterocycles. The zero-order chi connectivity index (χ0) is 13.8. The first kappa shape index (κ1) is 14.6. The van der Waals surface area contributed by atoms with Crippen LogP contribution in [0.2, 0.25) is 0 Å². The summed E-state index contributed by atoms with van der Waals surface area (Å²) in [5.74, 6) is 1.67. The fourth-order valence-corrected chi connectivity index (χ4v) is 3.22. The van der Waals surface area contributed by atoms with E-state index >= 15 is 0 Å². The van der Waals surface area contributed by atoms with Gasteiger partial charge < -0.3 is 4.74 Å². The van der Waals surface area contributed by atoms with Crippen LogP contribution in [0.3, 0.4) is 0 Å². The minimum absolute atomic E-state index is 0.490. The van der Waals surface area contributed by atoms with Crippen molar-refractivity contribution in [2.45, 2.75) is 45.7 Å². The van der Waals surface area contributed by atoms with E-state index in [0.29, 0.717) is 11.9 Å². The maximum absolute atomic E-state index is 6.08. The highest BCUT2D eigenvalue weighted by Gasteiger charge is 2.23. The second-order valence-electron chi connectivity index (χ2n) is 5.32. The molecule has 19 heavy (non-hydrogen) atoms. The Bertz CT molecular complexity index is 436. The molecule has 1 atom stereocenters. The van der Waals surface area contributed by atoms with Crippen molar-refractivity contribution in [2.24, 2.45) is 0 Å². The molecule has 1 aliphatic heterocycles. The Morgan fingerprint density at radius 3 is 2.89 bits per heavy atom. The standard InChI is InChI=1S/C15H23ClN2O/c1-11-9-17-14(12(2)15(11)19-3)10-18-7-5-4-6-13(18)8-16/h9,13H,4-8,10H2,1-3H3. The Morgan fingerprint density at radius 1 is 1.42 bits per heavy atom. The quantitative estimate of drug-likeness (QED) is 0.793. The van der Waals surface area contributed by atoms with E-state index in [1.165, 1.54) is 19.3 Å². The zero-order valence-corrected chi connectivity index (χ0v) is 12.8. The molecule has 0 spiro atoms. The largest absolute Gasteiger partial charge is 0.496 e. The smallest absolute Gasteiger partial charge is 0.128 e. The predicted octanol–water partition coefficient (Wildman–Crippen LogP) is 3.30. The van der Waals surface area contributed by atoms with Gasteiger partial charge in [0, 0.05) is 35.8 Å². The fourth-order valence-electron chi connectivity index (χ4n) is 2.87. The van der Waals surface area contributed by atoms with Crippen LogP contribution in [-0.4, -0.2) is 35.5 Å². The number of nitrogens with zero attached hydrogens (tertiary/aromatic N) is 2. The number of rotatable bonds is 4. The fraction of sp³-hybridized carbons (Fsp3) is 0.667. The average Bonchev–Trinajstić information content (AvgIpc) is 2.43. The number of hydrogen-bond acceptors (Lipinski definition) is 3. The van der Waals surface area contributed by atoms with Crippen LogP contribution in [0.1, 0.15) is 36.1 Å². The maximum atomic E-state index is 6.08. The van der Waals surface area contributed by atoms with Crippen molar-refractivity contribution in [3.05, 3.63) is 23.0 Å². The number of pyridine rings is 1. The van der Waals surface area contributed by atoms with Crippen molar-refractivity contribution < 1.29 is 4.74 Å². The minimum atomic E-state index is 0.490. The Morgan fingerprint density at radius 2 is 2.21 bits per heavy atom. The zero-order valence-electron chi connectivity index (χ0n) is 12.1. The monoisotopic (exact) mass is 282 g/mol. The number of aromatic nitrogens is 1. The SMILES string of the molecule is COc1c(C)cnc(CN2CCCCC2CCl)c1C. The van der Waals surface area contributed by atoms with E-state index in [4.69, 9.17) is 16.3 Å². The van der Waals surface area contributed by atoms with Gasteiger partial charge in [-0.15, -0.1) is 11.6 Å². The summed E-state index contributed by atoms with van der Waals surface area (Å²) >= 11 is 6.08. The first-order chi connectivity index (χ1) is 9.17. The van der Waals surface area contributed by atoms with Gasteiger partial charge in [0.1, 0.15) is 5.75 Å². The molecule has 0 amide bonds. The average molecular weight is 283 g/mol. The van der Waals surface area contributed by atoms with E-state index in [-0.39, 0.29) is 0 Å². The molecule has 1 aliphatic rings. The molecule has 2 heterocycles. The molecule has 2 rings (SSSR count). The number of ether oxygens (including phenoxy) is 1. The van der Waals surface area contributed by atoms with E-state index in [1.807, 2.05) is 13.1 Å². The van der Waals surface area contributed by atoms with E-state index < -0.39 is 0 Å². The van der Waals surface area contributed by atoms with Gasteiger partial charge >= 0.3 is 0 Å². The van der Waals surface area contributed by atoms with Gasteiger partial charge in [-0.3, -0.25) is 9.88 Å². The van der Waals surface area contributed by atoms with Crippen LogP contribution in [0.4, 0.5) is 0 Å². The Balaban J connectivity index is 2.18. The number of aryl methyl sites for hydroxylation is 1. The number of halogens is 1. The third kappa shape index (κ3) is 3.21. The molecule has 1 aromatic heterocycles. The van der Waals surface area contributed by atoms with Gasteiger partial charge in [-0.25, -0.2) is 0 Å². The summed E-state index contributed by atoms with van der Waals surface area (Å²) in [5, 5.41) is 0. The Hall–Kier alpha value is -0.800. The highest BCUT2D eigenvalue weighted by Crippen LogP contribution is 2.27. The Labute approximate surface area is 120 Å². The van der Waals surface area contributed by atoms with Crippen molar-refractivity contribution in [2.75, 3.05) is 19.5 Å². The molecule has 0 aromatic carbocycles. The second kappa shape index (κ2) is 6.58. The van der Waals surface area contributed by atoms with Gasteiger partial charge in [0.25, 0.3) is 0 Å². The lowest BCUT2D eigenvalue weighted by Gasteiger charge is -2.34. The molecule has 1 fully saturated rings. The van der Waals surface area contributed by atoms with Crippen molar-refractivity contribution in [1.82, 2.24) is 9.88 Å². The van der Waals surface area contributed by atoms with Crippen LogP contribution in [-0.2, 0) is 6.54 Å². The minimum Gasteiger partial charge on any atom is -0.496 e. The molecule has 0 radical (unpaired) electrons. The van der Waals surface area contributed by atoms with Crippen molar-refractivity contribution >= 4 is 11.6 Å². The molecule has 4 heteroatoms. The van der Waals surface area contributed by atoms with Crippen LogP contribution >= 0.6 is 11.6 Å². The number of methoxy groups -OCH3 is 1. The van der Waals surface area contributed by atoms with Crippen LogP contribution in [0.25, 0.3) is 0 Å². The van der Waals surface area contributed by atoms with Gasteiger partial charge in [-0.2, -0.15) is 0 Å². The summed E-state index contributed by atoms with van der Waals surface area (Å²) in [5.41, 5.74) is 3.36. The highest BCUT2D eigenvalue weighted by molar-refractivity contribution is 6.18. The number of hydrogen-bond donors (Lipinski definition) is 0. The van der Waals surface area contributed by atoms with E-state index in [2.05, 4.69) is 16.8 Å². The molecule has 0 saturated carbocycles. The van der Waals surface area contributed by atoms with Crippen LogP contribution in [0.5, 0.6) is 5.75 Å². The molecule has 1 aromatic rings. The molecule has 106 valence electrons. The van der Waals surface area contributed by atoms with E-state index in [0.717, 1.165) is 35.7 Å². The van der Waals surface area contributed by atoms with Gasteiger partial charge in [0.05, 0.1) is 12.8 Å². The molecule has 3 nitrogen and oxygen atoms in total. The summed E-state index contributed by atoms with van der Waals surface area (Å²) in [6.07, 6.45) is 5.65. The summed E-state index contributed by atoms with van der Waals surface area (Å²) in [6.45, 7) is 6.12. The first-order valence-electron chi connectivity index (χ1n) is 6.96. The number of alkyl halides is 1. The van der Waals surface area contributed by atoms with Gasteiger partial charge in [0.2, 0.25) is 0 Å². The van der Waals surface area contributed by atoms with Crippen LogP contribution in [0, 0.1) is 13.8 Å². The van der Waals surface area contributed by atoms with Crippen molar-refractivity contribution in [1.29, 1.82) is 0 Å². The summed E-state index contributed by atoms with van der Waals surface area (Å²) < 4.78 is 5.47. The third-order valence-electron chi connectivity index (χ3n) is 4.03.